The Bertz CT molecular complexity index is 1020. The van der Waals surface area contributed by atoms with Gasteiger partial charge in [0.05, 0.1) is 6.54 Å². The molecule has 3 aromatic carbocycles. The fourth-order valence-corrected chi connectivity index (χ4v) is 3.77. The molecule has 3 aromatic rings. The maximum Gasteiger partial charge on any atom is 0.255 e. The number of carbonyl (C=O) groups is 2. The summed E-state index contributed by atoms with van der Waals surface area (Å²) < 4.78 is 5.96. The molecule has 1 aliphatic rings. The van der Waals surface area contributed by atoms with E-state index in [9.17, 15) is 9.59 Å². The maximum atomic E-state index is 13.1. The van der Waals surface area contributed by atoms with E-state index in [1.54, 1.807) is 11.0 Å². The number of amides is 2. The van der Waals surface area contributed by atoms with Crippen molar-refractivity contribution in [3.63, 3.8) is 0 Å². The summed E-state index contributed by atoms with van der Waals surface area (Å²) in [4.78, 5) is 27.8. The number of hydrogen-bond acceptors (Lipinski definition) is 3. The summed E-state index contributed by atoms with van der Waals surface area (Å²) in [5.41, 5.74) is 2.32. The minimum atomic E-state index is -0.667. The van der Waals surface area contributed by atoms with Gasteiger partial charge in [-0.2, -0.15) is 0 Å². The van der Waals surface area contributed by atoms with Gasteiger partial charge in [-0.3, -0.25) is 9.59 Å². The predicted molar refractivity (Wildman–Crippen MR) is 115 cm³/mol. The molecule has 5 heteroatoms. The normalized spacial score (nSPS) is 16.1. The molecule has 2 amide bonds. The van der Waals surface area contributed by atoms with E-state index >= 15 is 0 Å². The van der Waals surface area contributed by atoms with Crippen molar-refractivity contribution in [3.05, 3.63) is 102 Å². The molecule has 152 valence electrons. The lowest BCUT2D eigenvalue weighted by Crippen LogP contribution is -2.43. The summed E-state index contributed by atoms with van der Waals surface area (Å²) in [6.45, 7) is 2.63. The van der Waals surface area contributed by atoms with Gasteiger partial charge in [-0.1, -0.05) is 66.7 Å². The summed E-state index contributed by atoms with van der Waals surface area (Å²) in [5.74, 6) is 0.400. The Morgan fingerprint density at radius 1 is 0.967 bits per heavy atom. The largest absolute Gasteiger partial charge is 0.489 e. The second-order valence-corrected chi connectivity index (χ2v) is 7.39. The lowest BCUT2D eigenvalue weighted by Gasteiger charge is -2.27. The summed E-state index contributed by atoms with van der Waals surface area (Å²) in [7, 11) is 0. The minimum Gasteiger partial charge on any atom is -0.489 e. The van der Waals surface area contributed by atoms with E-state index in [2.05, 4.69) is 5.32 Å². The predicted octanol–water partition coefficient (Wildman–Crippen LogP) is 3.97. The third kappa shape index (κ3) is 4.20. The molecule has 1 aliphatic heterocycles. The molecule has 4 rings (SSSR count). The van der Waals surface area contributed by atoms with Crippen molar-refractivity contribution >= 4 is 11.8 Å². The van der Waals surface area contributed by atoms with Gasteiger partial charge in [0.1, 0.15) is 17.9 Å². The molecule has 1 N–H and O–H groups in total. The highest BCUT2D eigenvalue weighted by atomic mass is 16.5. The summed E-state index contributed by atoms with van der Waals surface area (Å²) in [6.07, 6.45) is -0.268. The van der Waals surface area contributed by atoms with Crippen molar-refractivity contribution in [2.24, 2.45) is 0 Å². The maximum absolute atomic E-state index is 13.1. The molecule has 0 saturated heterocycles. The Morgan fingerprint density at radius 2 is 1.60 bits per heavy atom. The SMILES string of the molecule is CC(CN1C(=O)c2ccccc2C1C(=O)NCc1ccccc1)Oc1ccccc1. The molecule has 0 aliphatic carbocycles. The van der Waals surface area contributed by atoms with Gasteiger partial charge in [-0.25, -0.2) is 0 Å². The zero-order valence-electron chi connectivity index (χ0n) is 16.8. The summed E-state index contributed by atoms with van der Waals surface area (Å²) in [5, 5.41) is 2.98. The van der Waals surface area contributed by atoms with Gasteiger partial charge in [0.25, 0.3) is 5.91 Å². The van der Waals surface area contributed by atoms with Crippen LogP contribution in [0.5, 0.6) is 5.75 Å². The second-order valence-electron chi connectivity index (χ2n) is 7.39. The molecule has 0 spiro atoms. The molecule has 0 aromatic heterocycles. The van der Waals surface area contributed by atoms with E-state index in [1.165, 1.54) is 0 Å². The van der Waals surface area contributed by atoms with E-state index in [1.807, 2.05) is 85.8 Å². The number of fused-ring (bicyclic) bond motifs is 1. The Kier molecular flexibility index (Phi) is 5.80. The third-order valence-corrected chi connectivity index (χ3v) is 5.15. The van der Waals surface area contributed by atoms with Crippen LogP contribution in [-0.2, 0) is 11.3 Å². The van der Waals surface area contributed by atoms with Crippen molar-refractivity contribution in [1.29, 1.82) is 0 Å². The molecule has 2 atom stereocenters. The van der Waals surface area contributed by atoms with Crippen LogP contribution in [0.3, 0.4) is 0 Å². The van der Waals surface area contributed by atoms with Gasteiger partial charge < -0.3 is 15.0 Å². The fourth-order valence-electron chi connectivity index (χ4n) is 3.77. The van der Waals surface area contributed by atoms with Gasteiger partial charge in [0.2, 0.25) is 5.91 Å². The number of ether oxygens (including phenoxy) is 1. The van der Waals surface area contributed by atoms with E-state index in [4.69, 9.17) is 4.74 Å². The van der Waals surface area contributed by atoms with Crippen molar-refractivity contribution < 1.29 is 14.3 Å². The van der Waals surface area contributed by atoms with Gasteiger partial charge in [0.15, 0.2) is 0 Å². The molecular weight excluding hydrogens is 376 g/mol. The molecule has 0 radical (unpaired) electrons. The number of nitrogens with zero attached hydrogens (tertiary/aromatic N) is 1. The number of nitrogens with one attached hydrogen (secondary N) is 1. The van der Waals surface area contributed by atoms with Crippen LogP contribution in [0, 0.1) is 0 Å². The summed E-state index contributed by atoms with van der Waals surface area (Å²) in [6, 6.07) is 25.8. The average molecular weight is 400 g/mol. The van der Waals surface area contributed by atoms with E-state index in [0.717, 1.165) is 16.9 Å². The second kappa shape index (κ2) is 8.82. The van der Waals surface area contributed by atoms with E-state index < -0.39 is 6.04 Å². The quantitative estimate of drug-likeness (QED) is 0.653. The standard InChI is InChI=1S/C25H24N2O3/c1-18(30-20-12-6-3-7-13-20)17-27-23(21-14-8-9-15-22(21)25(27)29)24(28)26-16-19-10-4-2-5-11-19/h2-15,18,23H,16-17H2,1H3,(H,26,28). The van der Waals surface area contributed by atoms with Crippen LogP contribution in [0.25, 0.3) is 0 Å². The third-order valence-electron chi connectivity index (χ3n) is 5.15. The van der Waals surface area contributed by atoms with Gasteiger partial charge >= 0.3 is 0 Å². The zero-order valence-corrected chi connectivity index (χ0v) is 16.8. The van der Waals surface area contributed by atoms with Crippen LogP contribution >= 0.6 is 0 Å². The molecule has 2 unspecified atom stereocenters. The van der Waals surface area contributed by atoms with E-state index in [-0.39, 0.29) is 17.9 Å². The summed E-state index contributed by atoms with van der Waals surface area (Å²) >= 11 is 0. The van der Waals surface area contributed by atoms with Crippen LogP contribution in [0.1, 0.15) is 34.5 Å². The number of hydrogen-bond donors (Lipinski definition) is 1. The minimum absolute atomic E-state index is 0.144. The number of para-hydroxylation sites is 1. The van der Waals surface area contributed by atoms with Crippen molar-refractivity contribution in [3.8, 4) is 5.75 Å². The van der Waals surface area contributed by atoms with Gasteiger partial charge in [-0.05, 0) is 36.2 Å². The molecule has 5 nitrogen and oxygen atoms in total. The van der Waals surface area contributed by atoms with Crippen molar-refractivity contribution in [2.75, 3.05) is 6.54 Å². The molecular formula is C25H24N2O3. The monoisotopic (exact) mass is 400 g/mol. The van der Waals surface area contributed by atoms with Gasteiger partial charge in [0, 0.05) is 12.1 Å². The Morgan fingerprint density at radius 3 is 2.33 bits per heavy atom. The zero-order chi connectivity index (χ0) is 20.9. The first-order valence-corrected chi connectivity index (χ1v) is 10.1. The highest BCUT2D eigenvalue weighted by Crippen LogP contribution is 2.34. The number of benzene rings is 3. The molecule has 1 heterocycles. The molecule has 0 bridgehead atoms. The lowest BCUT2D eigenvalue weighted by atomic mass is 10.0. The number of carbonyl (C=O) groups excluding carboxylic acids is 2. The van der Waals surface area contributed by atoms with Crippen LogP contribution in [0.15, 0.2) is 84.9 Å². The molecule has 0 fully saturated rings. The van der Waals surface area contributed by atoms with Crippen LogP contribution < -0.4 is 10.1 Å². The first-order chi connectivity index (χ1) is 14.6. The number of rotatable bonds is 7. The van der Waals surface area contributed by atoms with E-state index in [0.29, 0.717) is 18.7 Å². The Labute approximate surface area is 176 Å². The first kappa shape index (κ1) is 19.7. The van der Waals surface area contributed by atoms with Crippen LogP contribution in [-0.4, -0.2) is 29.4 Å². The highest BCUT2D eigenvalue weighted by molar-refractivity contribution is 6.04. The smallest absolute Gasteiger partial charge is 0.255 e. The van der Waals surface area contributed by atoms with Crippen molar-refractivity contribution in [1.82, 2.24) is 10.2 Å². The van der Waals surface area contributed by atoms with Gasteiger partial charge in [-0.15, -0.1) is 0 Å². The van der Waals surface area contributed by atoms with Crippen LogP contribution in [0.2, 0.25) is 0 Å². The first-order valence-electron chi connectivity index (χ1n) is 10.1. The topological polar surface area (TPSA) is 58.6 Å². The average Bonchev–Trinajstić information content (AvgIpc) is 3.05. The van der Waals surface area contributed by atoms with Crippen molar-refractivity contribution in [2.45, 2.75) is 25.6 Å². The lowest BCUT2D eigenvalue weighted by molar-refractivity contribution is -0.126. The Balaban J connectivity index is 1.52. The van der Waals surface area contributed by atoms with Crippen LogP contribution in [0.4, 0.5) is 0 Å². The molecule has 0 saturated carbocycles. The Hall–Kier alpha value is -3.60. The highest BCUT2D eigenvalue weighted by Gasteiger charge is 2.41. The molecule has 30 heavy (non-hydrogen) atoms. The fraction of sp³-hybridized carbons (Fsp3) is 0.200.